The zero-order valence-electron chi connectivity index (χ0n) is 6.47. The topological polar surface area (TPSA) is 63.3 Å². The number of hydrogen-bond acceptors (Lipinski definition) is 2. The van der Waals surface area contributed by atoms with Crippen LogP contribution in [0.25, 0.3) is 0 Å². The molecule has 0 saturated carbocycles. The van der Waals surface area contributed by atoms with Gasteiger partial charge in [-0.05, 0) is 41.1 Å². The average Bonchev–Trinajstić information content (AvgIpc) is 2.00. The first kappa shape index (κ1) is 9.31. The Morgan fingerprint density at radius 1 is 1.58 bits per heavy atom. The highest BCUT2D eigenvalue weighted by Crippen LogP contribution is 2.22. The predicted octanol–water partition coefficient (Wildman–Crippen LogP) is 1.88. The van der Waals surface area contributed by atoms with Gasteiger partial charge in [-0.1, -0.05) is 6.07 Å². The van der Waals surface area contributed by atoms with Crippen molar-refractivity contribution >= 4 is 34.2 Å². The van der Waals surface area contributed by atoms with Crippen LogP contribution in [0.1, 0.15) is 15.9 Å². The van der Waals surface area contributed by atoms with E-state index in [2.05, 4.69) is 0 Å². The molecule has 0 saturated heterocycles. The minimum Gasteiger partial charge on any atom is -0.478 e. The van der Waals surface area contributed by atoms with E-state index in [1.165, 1.54) is 0 Å². The van der Waals surface area contributed by atoms with Gasteiger partial charge in [-0.25, -0.2) is 4.79 Å². The van der Waals surface area contributed by atoms with Crippen LogP contribution in [-0.2, 0) is 0 Å². The lowest BCUT2D eigenvalue weighted by Crippen LogP contribution is -2.03. The van der Waals surface area contributed by atoms with Crippen molar-refractivity contribution in [3.63, 3.8) is 0 Å². The fourth-order valence-corrected chi connectivity index (χ4v) is 1.69. The van der Waals surface area contributed by atoms with E-state index in [-0.39, 0.29) is 5.56 Å². The first-order valence-corrected chi connectivity index (χ1v) is 4.39. The first-order chi connectivity index (χ1) is 5.54. The van der Waals surface area contributed by atoms with Gasteiger partial charge >= 0.3 is 5.97 Å². The molecule has 3 nitrogen and oxygen atoms in total. The van der Waals surface area contributed by atoms with Crippen LogP contribution in [0.3, 0.4) is 0 Å². The number of carboxylic acids is 1. The number of rotatable bonds is 1. The summed E-state index contributed by atoms with van der Waals surface area (Å²) in [6.45, 7) is 1.85. The third kappa shape index (κ3) is 1.52. The van der Waals surface area contributed by atoms with Crippen molar-refractivity contribution in [3.8, 4) is 0 Å². The molecule has 0 atom stereocenters. The van der Waals surface area contributed by atoms with Gasteiger partial charge in [-0.2, -0.15) is 0 Å². The van der Waals surface area contributed by atoms with Crippen LogP contribution in [0.5, 0.6) is 0 Å². The molecule has 0 aliphatic rings. The molecule has 4 heteroatoms. The smallest absolute Gasteiger partial charge is 0.336 e. The van der Waals surface area contributed by atoms with Crippen molar-refractivity contribution in [1.82, 2.24) is 0 Å². The van der Waals surface area contributed by atoms with Crippen LogP contribution in [0.2, 0.25) is 0 Å². The second-order valence-corrected chi connectivity index (χ2v) is 3.54. The Kier molecular flexibility index (Phi) is 2.56. The summed E-state index contributed by atoms with van der Waals surface area (Å²) < 4.78 is 0.611. The summed E-state index contributed by atoms with van der Waals surface area (Å²) in [4.78, 5) is 10.6. The van der Waals surface area contributed by atoms with E-state index in [0.29, 0.717) is 9.26 Å². The summed E-state index contributed by atoms with van der Waals surface area (Å²) in [5.41, 5.74) is 7.37. The van der Waals surface area contributed by atoms with Gasteiger partial charge in [0, 0.05) is 5.69 Å². The molecule has 0 aliphatic carbocycles. The summed E-state index contributed by atoms with van der Waals surface area (Å²) in [7, 11) is 0. The van der Waals surface area contributed by atoms with Crippen molar-refractivity contribution in [3.05, 3.63) is 26.8 Å². The highest BCUT2D eigenvalue weighted by atomic mass is 127. The molecule has 0 spiro atoms. The molecule has 0 amide bonds. The zero-order chi connectivity index (χ0) is 9.30. The van der Waals surface area contributed by atoms with Crippen LogP contribution in [0.15, 0.2) is 12.1 Å². The average molecular weight is 277 g/mol. The van der Waals surface area contributed by atoms with Crippen LogP contribution < -0.4 is 5.73 Å². The Bertz CT molecular complexity index is 336. The van der Waals surface area contributed by atoms with Crippen molar-refractivity contribution in [1.29, 1.82) is 0 Å². The third-order valence-electron chi connectivity index (χ3n) is 1.63. The highest BCUT2D eigenvalue weighted by Gasteiger charge is 2.11. The van der Waals surface area contributed by atoms with Gasteiger partial charge < -0.3 is 10.8 Å². The summed E-state index contributed by atoms with van der Waals surface area (Å²) in [5.74, 6) is -0.939. The molecule has 0 aliphatic heterocycles. The Hall–Kier alpha value is -0.780. The molecular weight excluding hydrogens is 269 g/mol. The lowest BCUT2D eigenvalue weighted by atomic mass is 10.1. The van der Waals surface area contributed by atoms with Gasteiger partial charge in [0.15, 0.2) is 0 Å². The fraction of sp³-hybridized carbons (Fsp3) is 0.125. The standard InChI is InChI=1S/C8H8INO2/c1-4-2-3-5(8(11)12)6(9)7(4)10/h2-3H,10H2,1H3,(H,11,12). The minimum atomic E-state index is -0.939. The fourth-order valence-electron chi connectivity index (χ4n) is 0.855. The normalized spacial score (nSPS) is 9.83. The number of aryl methyl sites for hydroxylation is 1. The Balaban J connectivity index is 3.36. The van der Waals surface area contributed by atoms with Crippen molar-refractivity contribution in [2.45, 2.75) is 6.92 Å². The van der Waals surface area contributed by atoms with Crippen molar-refractivity contribution < 1.29 is 9.90 Å². The Morgan fingerprint density at radius 2 is 2.17 bits per heavy atom. The van der Waals surface area contributed by atoms with E-state index in [9.17, 15) is 4.79 Å². The Labute approximate surface area is 83.7 Å². The number of anilines is 1. The van der Waals surface area contributed by atoms with Gasteiger partial charge in [-0.15, -0.1) is 0 Å². The van der Waals surface area contributed by atoms with Crippen molar-refractivity contribution in [2.24, 2.45) is 0 Å². The maximum absolute atomic E-state index is 10.6. The van der Waals surface area contributed by atoms with Crippen LogP contribution >= 0.6 is 22.6 Å². The van der Waals surface area contributed by atoms with Gasteiger partial charge in [0.2, 0.25) is 0 Å². The third-order valence-corrected chi connectivity index (χ3v) is 2.79. The summed E-state index contributed by atoms with van der Waals surface area (Å²) in [5, 5.41) is 8.72. The molecule has 1 rings (SSSR count). The maximum Gasteiger partial charge on any atom is 0.336 e. The van der Waals surface area contributed by atoms with E-state index >= 15 is 0 Å². The minimum absolute atomic E-state index is 0.263. The van der Waals surface area contributed by atoms with Crippen LogP contribution in [0, 0.1) is 10.5 Å². The molecule has 3 N–H and O–H groups in total. The van der Waals surface area contributed by atoms with Crippen LogP contribution in [0.4, 0.5) is 5.69 Å². The monoisotopic (exact) mass is 277 g/mol. The second-order valence-electron chi connectivity index (χ2n) is 2.46. The first-order valence-electron chi connectivity index (χ1n) is 3.32. The van der Waals surface area contributed by atoms with E-state index in [1.54, 1.807) is 12.1 Å². The van der Waals surface area contributed by atoms with Crippen LogP contribution in [-0.4, -0.2) is 11.1 Å². The molecule has 0 heterocycles. The lowest BCUT2D eigenvalue weighted by Gasteiger charge is -2.05. The summed E-state index contributed by atoms with van der Waals surface area (Å²) in [6.07, 6.45) is 0. The lowest BCUT2D eigenvalue weighted by molar-refractivity contribution is 0.0696. The number of halogens is 1. The number of hydrogen-bond donors (Lipinski definition) is 2. The van der Waals surface area contributed by atoms with Gasteiger partial charge in [0.05, 0.1) is 9.13 Å². The SMILES string of the molecule is Cc1ccc(C(=O)O)c(I)c1N. The molecule has 0 radical (unpaired) electrons. The summed E-state index contributed by atoms with van der Waals surface area (Å²) >= 11 is 1.94. The molecule has 12 heavy (non-hydrogen) atoms. The number of carboxylic acid groups (broad SMARTS) is 1. The summed E-state index contributed by atoms with van der Waals surface area (Å²) in [6, 6.07) is 3.27. The van der Waals surface area contributed by atoms with Gasteiger partial charge in [-0.3, -0.25) is 0 Å². The second kappa shape index (κ2) is 3.30. The van der Waals surface area contributed by atoms with E-state index < -0.39 is 5.97 Å². The molecule has 64 valence electrons. The Morgan fingerprint density at radius 3 is 2.67 bits per heavy atom. The number of nitrogen functional groups attached to an aromatic ring is 1. The number of aromatic carboxylic acids is 1. The number of benzene rings is 1. The largest absolute Gasteiger partial charge is 0.478 e. The maximum atomic E-state index is 10.6. The molecule has 1 aromatic rings. The highest BCUT2D eigenvalue weighted by molar-refractivity contribution is 14.1. The molecule has 0 fully saturated rings. The molecular formula is C8H8INO2. The molecule has 1 aromatic carbocycles. The quantitative estimate of drug-likeness (QED) is 0.608. The molecule has 0 aromatic heterocycles. The van der Waals surface area contributed by atoms with Crippen molar-refractivity contribution in [2.75, 3.05) is 5.73 Å². The zero-order valence-corrected chi connectivity index (χ0v) is 8.62. The number of carbonyl (C=O) groups is 1. The van der Waals surface area contributed by atoms with Gasteiger partial charge in [0.25, 0.3) is 0 Å². The molecule has 0 bridgehead atoms. The predicted molar refractivity (Wildman–Crippen MR) is 55.3 cm³/mol. The molecule has 0 unspecified atom stereocenters. The van der Waals surface area contributed by atoms with Gasteiger partial charge in [0.1, 0.15) is 0 Å². The number of nitrogens with two attached hydrogens (primary N) is 1. The van der Waals surface area contributed by atoms with E-state index in [4.69, 9.17) is 10.8 Å². The van der Waals surface area contributed by atoms with E-state index in [1.807, 2.05) is 29.5 Å². The van der Waals surface area contributed by atoms with E-state index in [0.717, 1.165) is 5.56 Å².